The molecule has 2 rings (SSSR count). The minimum atomic E-state index is -4.99. The van der Waals surface area contributed by atoms with Gasteiger partial charge in [0.15, 0.2) is 0 Å². The zero-order chi connectivity index (χ0) is 18.1. The van der Waals surface area contributed by atoms with Crippen LogP contribution in [0.1, 0.15) is 6.42 Å². The third-order valence-electron chi connectivity index (χ3n) is 3.05. The van der Waals surface area contributed by atoms with Gasteiger partial charge in [0.2, 0.25) is 5.78 Å². The molecule has 0 radical (unpaired) electrons. The van der Waals surface area contributed by atoms with Gasteiger partial charge in [0.05, 0.1) is 11.4 Å². The van der Waals surface area contributed by atoms with E-state index in [1.807, 2.05) is 0 Å². The second kappa shape index (κ2) is 6.25. The molecule has 0 unspecified atom stereocenters. The SMILES string of the molecule is O=C(C=C1CC(C(F)(F)F)=Nc2ccccc2N1)C(F)(F)C(F)F. The van der Waals surface area contributed by atoms with E-state index in [0.29, 0.717) is 0 Å². The number of aliphatic imine (C=N–C) groups is 1. The number of para-hydroxylation sites is 2. The molecule has 0 atom stereocenters. The Morgan fingerprint density at radius 3 is 2.38 bits per heavy atom. The average molecular weight is 354 g/mol. The summed E-state index contributed by atoms with van der Waals surface area (Å²) < 4.78 is 89.2. The predicted molar refractivity (Wildman–Crippen MR) is 71.9 cm³/mol. The Bertz CT molecular complexity index is 707. The highest BCUT2D eigenvalue weighted by Crippen LogP contribution is 2.34. The van der Waals surface area contributed by atoms with Gasteiger partial charge in [-0.1, -0.05) is 12.1 Å². The van der Waals surface area contributed by atoms with Crippen molar-refractivity contribution in [2.75, 3.05) is 5.32 Å². The van der Waals surface area contributed by atoms with Crippen molar-refractivity contribution < 1.29 is 35.5 Å². The third kappa shape index (κ3) is 3.74. The number of halogens is 7. The van der Waals surface area contributed by atoms with E-state index in [1.54, 1.807) is 0 Å². The van der Waals surface area contributed by atoms with Gasteiger partial charge >= 0.3 is 18.5 Å². The molecule has 0 bridgehead atoms. The van der Waals surface area contributed by atoms with Crippen LogP contribution >= 0.6 is 0 Å². The molecule has 24 heavy (non-hydrogen) atoms. The molecule has 0 saturated heterocycles. The molecule has 0 saturated carbocycles. The first kappa shape index (κ1) is 18.0. The zero-order valence-electron chi connectivity index (χ0n) is 11.7. The van der Waals surface area contributed by atoms with E-state index in [4.69, 9.17) is 0 Å². The number of nitrogens with zero attached hydrogens (tertiary/aromatic N) is 1. The van der Waals surface area contributed by atoms with E-state index in [0.717, 1.165) is 0 Å². The van der Waals surface area contributed by atoms with Crippen LogP contribution in [0.5, 0.6) is 0 Å². The molecule has 1 heterocycles. The Hall–Kier alpha value is -2.39. The highest BCUT2D eigenvalue weighted by molar-refractivity contribution is 6.01. The first-order valence-electron chi connectivity index (χ1n) is 6.43. The number of rotatable bonds is 3. The fourth-order valence-corrected chi connectivity index (χ4v) is 1.87. The minimum absolute atomic E-state index is 0.0242. The predicted octanol–water partition coefficient (Wildman–Crippen LogP) is 4.49. The molecule has 1 aliphatic rings. The molecule has 0 spiro atoms. The maximum absolute atomic E-state index is 13.0. The molecular weight excluding hydrogens is 345 g/mol. The van der Waals surface area contributed by atoms with Crippen LogP contribution in [0, 0.1) is 0 Å². The lowest BCUT2D eigenvalue weighted by Crippen LogP contribution is -2.35. The van der Waals surface area contributed by atoms with Crippen molar-refractivity contribution in [1.82, 2.24) is 0 Å². The van der Waals surface area contributed by atoms with Gasteiger partial charge in [-0.3, -0.25) is 4.79 Å². The summed E-state index contributed by atoms with van der Waals surface area (Å²) in [6, 6.07) is 5.39. The number of hydrogen-bond donors (Lipinski definition) is 1. The highest BCUT2D eigenvalue weighted by atomic mass is 19.4. The monoisotopic (exact) mass is 354 g/mol. The molecule has 0 aromatic heterocycles. The number of carbonyl (C=O) groups is 1. The van der Waals surface area contributed by atoms with E-state index < -0.39 is 42.1 Å². The standard InChI is InChI=1S/C14H9F7N2O/c15-12(16)13(17,18)11(24)6-7-5-10(14(19,20)21)23-9-4-2-1-3-8(9)22-7/h1-4,6,12,22H,5H2. The van der Waals surface area contributed by atoms with Crippen LogP contribution in [0.2, 0.25) is 0 Å². The number of allylic oxidation sites excluding steroid dienone is 2. The van der Waals surface area contributed by atoms with Gasteiger partial charge in [-0.25, -0.2) is 13.8 Å². The molecule has 0 aliphatic carbocycles. The van der Waals surface area contributed by atoms with Crippen LogP contribution in [0.4, 0.5) is 42.1 Å². The second-order valence-electron chi connectivity index (χ2n) is 4.83. The van der Waals surface area contributed by atoms with E-state index in [-0.39, 0.29) is 17.5 Å². The number of nitrogens with one attached hydrogen (secondary N) is 1. The van der Waals surface area contributed by atoms with Crippen molar-refractivity contribution in [3.05, 3.63) is 36.0 Å². The smallest absolute Gasteiger partial charge is 0.357 e. The Balaban J connectivity index is 2.45. The van der Waals surface area contributed by atoms with Crippen LogP contribution in [0.15, 0.2) is 41.0 Å². The lowest BCUT2D eigenvalue weighted by Gasteiger charge is -2.14. The number of hydrogen-bond acceptors (Lipinski definition) is 3. The van der Waals surface area contributed by atoms with Gasteiger partial charge < -0.3 is 5.32 Å². The summed E-state index contributed by atoms with van der Waals surface area (Å²) in [5.74, 6) is -7.28. The normalized spacial score (nSPS) is 17.2. The van der Waals surface area contributed by atoms with Gasteiger partial charge in [-0.15, -0.1) is 0 Å². The topological polar surface area (TPSA) is 41.5 Å². The van der Waals surface area contributed by atoms with E-state index >= 15 is 0 Å². The average Bonchev–Trinajstić information content (AvgIpc) is 2.65. The molecule has 10 heteroatoms. The first-order valence-corrected chi connectivity index (χ1v) is 6.43. The van der Waals surface area contributed by atoms with Gasteiger partial charge in [0.25, 0.3) is 0 Å². The molecule has 1 aliphatic heterocycles. The van der Waals surface area contributed by atoms with Crippen molar-refractivity contribution >= 4 is 22.9 Å². The Labute approximate surface area is 130 Å². The lowest BCUT2D eigenvalue weighted by atomic mass is 10.1. The molecule has 1 aromatic rings. The van der Waals surface area contributed by atoms with E-state index in [9.17, 15) is 35.5 Å². The van der Waals surface area contributed by atoms with Crippen LogP contribution < -0.4 is 5.32 Å². The Morgan fingerprint density at radius 2 is 1.79 bits per heavy atom. The summed E-state index contributed by atoms with van der Waals surface area (Å²) in [7, 11) is 0. The number of fused-ring (bicyclic) bond motifs is 1. The Morgan fingerprint density at radius 1 is 1.17 bits per heavy atom. The van der Waals surface area contributed by atoms with Gasteiger partial charge in [-0.2, -0.15) is 22.0 Å². The zero-order valence-corrected chi connectivity index (χ0v) is 11.7. The summed E-state index contributed by atoms with van der Waals surface area (Å²) >= 11 is 0. The van der Waals surface area contributed by atoms with Crippen molar-refractivity contribution in [1.29, 1.82) is 0 Å². The van der Waals surface area contributed by atoms with E-state index in [1.165, 1.54) is 24.3 Å². The van der Waals surface area contributed by atoms with Crippen LogP contribution in [-0.2, 0) is 4.79 Å². The van der Waals surface area contributed by atoms with Crippen LogP contribution in [0.25, 0.3) is 0 Å². The lowest BCUT2D eigenvalue weighted by molar-refractivity contribution is -0.161. The van der Waals surface area contributed by atoms with Gasteiger partial charge in [0, 0.05) is 18.2 Å². The fraction of sp³-hybridized carbons (Fsp3) is 0.286. The summed E-state index contributed by atoms with van der Waals surface area (Å²) in [6.07, 6.45) is -10.1. The van der Waals surface area contributed by atoms with Crippen molar-refractivity contribution in [3.63, 3.8) is 0 Å². The number of anilines is 1. The molecule has 0 amide bonds. The summed E-state index contributed by atoms with van der Waals surface area (Å²) in [4.78, 5) is 14.7. The molecule has 1 aromatic carbocycles. The summed E-state index contributed by atoms with van der Waals surface area (Å²) in [5.41, 5.74) is -2.06. The van der Waals surface area contributed by atoms with Gasteiger partial charge in [0.1, 0.15) is 5.71 Å². The number of carbonyl (C=O) groups excluding carboxylic acids is 1. The first-order chi connectivity index (χ1) is 11.0. The minimum Gasteiger partial charge on any atom is -0.357 e. The maximum atomic E-state index is 13.0. The van der Waals surface area contributed by atoms with Crippen molar-refractivity contribution in [2.24, 2.45) is 4.99 Å². The Kier molecular flexibility index (Phi) is 4.68. The quantitative estimate of drug-likeness (QED) is 0.642. The molecule has 0 fully saturated rings. The molecule has 3 nitrogen and oxygen atoms in total. The van der Waals surface area contributed by atoms with Crippen molar-refractivity contribution in [2.45, 2.75) is 24.9 Å². The maximum Gasteiger partial charge on any atom is 0.429 e. The number of ketones is 1. The molecular formula is C14H9F7N2O. The van der Waals surface area contributed by atoms with Gasteiger partial charge in [-0.05, 0) is 12.1 Å². The highest BCUT2D eigenvalue weighted by Gasteiger charge is 2.48. The van der Waals surface area contributed by atoms with Crippen LogP contribution in [-0.4, -0.2) is 30.0 Å². The van der Waals surface area contributed by atoms with Crippen molar-refractivity contribution in [3.8, 4) is 0 Å². The molecule has 130 valence electrons. The number of alkyl halides is 7. The second-order valence-corrected chi connectivity index (χ2v) is 4.83. The van der Waals surface area contributed by atoms with E-state index in [2.05, 4.69) is 10.3 Å². The summed E-state index contributed by atoms with van der Waals surface area (Å²) in [5, 5.41) is 2.35. The number of benzene rings is 1. The van der Waals surface area contributed by atoms with Crippen LogP contribution in [0.3, 0.4) is 0 Å². The fourth-order valence-electron chi connectivity index (χ4n) is 1.87. The summed E-state index contributed by atoms with van der Waals surface area (Å²) in [6.45, 7) is 0. The third-order valence-corrected chi connectivity index (χ3v) is 3.05. The molecule has 1 N–H and O–H groups in total. The largest absolute Gasteiger partial charge is 0.429 e.